The number of aromatic nitrogens is 2. The largest absolute Gasteiger partial charge is 0.256 e. The molecule has 1 aliphatic heterocycles. The third kappa shape index (κ3) is 5.74. The summed E-state index contributed by atoms with van der Waals surface area (Å²) in [6, 6.07) is 47.9. The fraction of sp³-hybridized carbons (Fsp3) is 0.159. The second-order valence-electron chi connectivity index (χ2n) is 12.7. The Labute approximate surface area is 277 Å². The molecule has 0 unspecified atom stereocenters. The minimum absolute atomic E-state index is 0.00702. The van der Waals surface area contributed by atoms with Gasteiger partial charge in [0.05, 0.1) is 17.1 Å². The monoisotopic (exact) mass is 607 g/mol. The zero-order chi connectivity index (χ0) is 31.5. The number of benzene rings is 5. The van der Waals surface area contributed by atoms with Crippen LogP contribution in [-0.2, 0) is 11.8 Å². The molecule has 1 fully saturated rings. The van der Waals surface area contributed by atoms with E-state index in [9.17, 15) is 0 Å². The molecule has 0 saturated heterocycles. The predicted molar refractivity (Wildman–Crippen MR) is 195 cm³/mol. The van der Waals surface area contributed by atoms with E-state index in [0.717, 1.165) is 58.9 Å². The van der Waals surface area contributed by atoms with Gasteiger partial charge in [-0.3, -0.25) is 4.99 Å². The highest BCUT2D eigenvalue weighted by molar-refractivity contribution is 5.85. The van der Waals surface area contributed by atoms with E-state index in [2.05, 4.69) is 127 Å². The predicted octanol–water partition coefficient (Wildman–Crippen LogP) is 11.2. The highest BCUT2D eigenvalue weighted by Crippen LogP contribution is 2.46. The summed E-state index contributed by atoms with van der Waals surface area (Å²) in [5.41, 5.74) is 12.6. The molecule has 6 aromatic rings. The molecule has 0 atom stereocenters. The maximum absolute atomic E-state index is 5.07. The van der Waals surface area contributed by atoms with Crippen LogP contribution in [0, 0.1) is 0 Å². The highest BCUT2D eigenvalue weighted by Gasteiger charge is 2.35. The van der Waals surface area contributed by atoms with Gasteiger partial charge >= 0.3 is 0 Å². The number of allylic oxidation sites excluding steroid dienone is 2. The van der Waals surface area contributed by atoms with Crippen LogP contribution in [0.3, 0.4) is 0 Å². The van der Waals surface area contributed by atoms with Crippen molar-refractivity contribution in [3.8, 4) is 45.0 Å². The number of hydrogen-bond donors (Lipinski definition) is 0. The lowest BCUT2D eigenvalue weighted by atomic mass is 9.65. The Kier molecular flexibility index (Phi) is 7.88. The number of nitrogens with zero attached hydrogens (tertiary/aromatic N) is 3. The molecule has 0 N–H and O–H groups in total. The Morgan fingerprint density at radius 2 is 1.11 bits per heavy atom. The summed E-state index contributed by atoms with van der Waals surface area (Å²) in [5, 5.41) is 0. The van der Waals surface area contributed by atoms with Gasteiger partial charge in [-0.2, -0.15) is 0 Å². The quantitative estimate of drug-likeness (QED) is 0.189. The molecule has 0 radical (unpaired) electrons. The molecule has 2 aliphatic rings. The van der Waals surface area contributed by atoms with E-state index < -0.39 is 0 Å². The van der Waals surface area contributed by atoms with Gasteiger partial charge in [-0.1, -0.05) is 153 Å². The van der Waals surface area contributed by atoms with Crippen LogP contribution in [0.25, 0.3) is 45.0 Å². The molecule has 0 bridgehead atoms. The first-order valence-electron chi connectivity index (χ1n) is 16.8. The zero-order valence-corrected chi connectivity index (χ0v) is 26.5. The van der Waals surface area contributed by atoms with Crippen LogP contribution >= 0.6 is 0 Å². The SMILES string of the molecule is C1=CCc2cccc(-c3ccc(C4(c5ccc(-c6nc(-c7ccccc7)cc(-c7ccccc7)n6)cc5)CCCCC4)cc3)c2N=C1. The summed E-state index contributed by atoms with van der Waals surface area (Å²) < 4.78 is 0. The van der Waals surface area contributed by atoms with Crippen molar-refractivity contribution in [3.63, 3.8) is 0 Å². The molecule has 3 heteroatoms. The van der Waals surface area contributed by atoms with Crippen LogP contribution in [0.1, 0.15) is 48.8 Å². The summed E-state index contributed by atoms with van der Waals surface area (Å²) in [6.45, 7) is 0. The van der Waals surface area contributed by atoms with Gasteiger partial charge in [-0.25, -0.2) is 9.97 Å². The molecule has 47 heavy (non-hydrogen) atoms. The fourth-order valence-electron chi connectivity index (χ4n) is 7.41. The normalized spacial score (nSPS) is 15.1. The third-order valence-corrected chi connectivity index (χ3v) is 9.90. The van der Waals surface area contributed by atoms with Gasteiger partial charge in [-0.15, -0.1) is 0 Å². The number of aliphatic imine (C=N–C) groups is 1. The lowest BCUT2D eigenvalue weighted by Crippen LogP contribution is -2.30. The first-order chi connectivity index (χ1) is 23.3. The second-order valence-corrected chi connectivity index (χ2v) is 12.7. The molecular formula is C44H37N3. The van der Waals surface area contributed by atoms with Gasteiger partial charge in [0.1, 0.15) is 0 Å². The van der Waals surface area contributed by atoms with Crippen LogP contribution < -0.4 is 0 Å². The number of para-hydroxylation sites is 1. The fourth-order valence-corrected chi connectivity index (χ4v) is 7.41. The lowest BCUT2D eigenvalue weighted by Gasteiger charge is -2.39. The highest BCUT2D eigenvalue weighted by atomic mass is 14.9. The van der Waals surface area contributed by atoms with E-state index in [0.29, 0.717) is 0 Å². The van der Waals surface area contributed by atoms with Gasteiger partial charge in [0.2, 0.25) is 0 Å². The number of hydrogen-bond acceptors (Lipinski definition) is 3. The van der Waals surface area contributed by atoms with Gasteiger partial charge in [-0.05, 0) is 53.7 Å². The standard InChI is InChI=1S/C44H37N3/c1-4-13-33(14-5-1)40-31-41(34-15-6-2-7-16-34)47-43(46-40)36-22-26-38(27-23-36)44(28-9-3-10-29-44)37-24-20-32(21-25-37)39-19-12-18-35-17-8-11-30-45-42(35)39/h1-2,4-8,11-16,18-27,30-31H,3,9-10,17,28-29H2. The van der Waals surface area contributed by atoms with E-state index in [1.165, 1.54) is 47.1 Å². The van der Waals surface area contributed by atoms with Crippen LogP contribution in [-0.4, -0.2) is 16.2 Å². The Hall–Kier alpha value is -5.41. The summed E-state index contributed by atoms with van der Waals surface area (Å²) in [5.74, 6) is 0.749. The molecule has 0 amide bonds. The Balaban J connectivity index is 1.15. The smallest absolute Gasteiger partial charge is 0.160 e. The molecular weight excluding hydrogens is 571 g/mol. The molecule has 5 aromatic carbocycles. The summed E-state index contributed by atoms with van der Waals surface area (Å²) in [4.78, 5) is 14.9. The van der Waals surface area contributed by atoms with Crippen LogP contribution in [0.2, 0.25) is 0 Å². The van der Waals surface area contributed by atoms with E-state index in [1.807, 2.05) is 24.4 Å². The van der Waals surface area contributed by atoms with Crippen LogP contribution in [0.15, 0.2) is 151 Å². The van der Waals surface area contributed by atoms with Crippen molar-refractivity contribution in [2.75, 3.05) is 0 Å². The third-order valence-electron chi connectivity index (χ3n) is 9.90. The van der Waals surface area contributed by atoms with Crippen molar-refractivity contribution in [1.29, 1.82) is 0 Å². The van der Waals surface area contributed by atoms with E-state index in [4.69, 9.17) is 15.0 Å². The van der Waals surface area contributed by atoms with Crippen molar-refractivity contribution < 1.29 is 0 Å². The molecule has 0 spiro atoms. The second kappa shape index (κ2) is 12.8. The summed E-state index contributed by atoms with van der Waals surface area (Å²) in [6.07, 6.45) is 13.1. The average Bonchev–Trinajstić information content (AvgIpc) is 3.42. The van der Waals surface area contributed by atoms with E-state index in [1.54, 1.807) is 0 Å². The lowest BCUT2D eigenvalue weighted by molar-refractivity contribution is 0.346. The molecule has 228 valence electrons. The van der Waals surface area contributed by atoms with Gasteiger partial charge in [0.15, 0.2) is 5.82 Å². The van der Waals surface area contributed by atoms with Crippen molar-refractivity contribution in [1.82, 2.24) is 9.97 Å². The van der Waals surface area contributed by atoms with Crippen molar-refractivity contribution in [3.05, 3.63) is 162 Å². The average molecular weight is 608 g/mol. The number of fused-ring (bicyclic) bond motifs is 1. The molecule has 1 aromatic heterocycles. The van der Waals surface area contributed by atoms with Crippen molar-refractivity contribution in [2.24, 2.45) is 4.99 Å². The molecule has 3 nitrogen and oxygen atoms in total. The van der Waals surface area contributed by atoms with Gasteiger partial charge in [0.25, 0.3) is 0 Å². The maximum atomic E-state index is 5.07. The van der Waals surface area contributed by atoms with Crippen molar-refractivity contribution in [2.45, 2.75) is 43.9 Å². The van der Waals surface area contributed by atoms with E-state index >= 15 is 0 Å². The molecule has 8 rings (SSSR count). The van der Waals surface area contributed by atoms with Gasteiger partial charge in [0, 0.05) is 33.9 Å². The summed E-state index contributed by atoms with van der Waals surface area (Å²) in [7, 11) is 0. The zero-order valence-electron chi connectivity index (χ0n) is 26.5. The molecule has 2 heterocycles. The Morgan fingerprint density at radius 1 is 0.511 bits per heavy atom. The van der Waals surface area contributed by atoms with Gasteiger partial charge < -0.3 is 0 Å². The molecule has 1 aliphatic carbocycles. The van der Waals surface area contributed by atoms with Crippen LogP contribution in [0.5, 0.6) is 0 Å². The van der Waals surface area contributed by atoms with Crippen molar-refractivity contribution >= 4 is 11.9 Å². The minimum atomic E-state index is -0.00702. The number of rotatable bonds is 6. The topological polar surface area (TPSA) is 38.1 Å². The Bertz CT molecular complexity index is 1990. The molecule has 1 saturated carbocycles. The maximum Gasteiger partial charge on any atom is 0.160 e. The van der Waals surface area contributed by atoms with Crippen LogP contribution in [0.4, 0.5) is 5.69 Å². The van der Waals surface area contributed by atoms with E-state index in [-0.39, 0.29) is 5.41 Å². The first kappa shape index (κ1) is 29.0. The summed E-state index contributed by atoms with van der Waals surface area (Å²) >= 11 is 0. The Morgan fingerprint density at radius 3 is 1.72 bits per heavy atom. The first-order valence-corrected chi connectivity index (χ1v) is 16.8. The minimum Gasteiger partial charge on any atom is -0.256 e.